The number of hydrogen-bond donors (Lipinski definition) is 1. The summed E-state index contributed by atoms with van der Waals surface area (Å²) in [7, 11) is 3.35. The smallest absolute Gasteiger partial charge is 0.174 e. The molecular weight excluding hydrogens is 328 g/mol. The number of thiophene rings is 1. The predicted octanol–water partition coefficient (Wildman–Crippen LogP) is 4.16. The van der Waals surface area contributed by atoms with E-state index in [0.717, 1.165) is 18.0 Å². The average molecular weight is 351 g/mol. The monoisotopic (exact) mass is 350 g/mol. The second-order valence-corrected chi connectivity index (χ2v) is 6.41. The maximum absolute atomic E-state index is 5.62. The summed E-state index contributed by atoms with van der Waals surface area (Å²) in [6.45, 7) is 3.50. The normalized spacial score (nSPS) is 11.8. The predicted molar refractivity (Wildman–Crippen MR) is 101 cm³/mol. The van der Waals surface area contributed by atoms with Crippen molar-refractivity contribution >= 4 is 34.4 Å². The molecule has 0 unspecified atom stereocenters. The molecule has 0 amide bonds. The molecule has 1 aromatic carbocycles. The maximum atomic E-state index is 5.62. The van der Waals surface area contributed by atoms with E-state index in [9.17, 15) is 0 Å². The van der Waals surface area contributed by atoms with Crippen molar-refractivity contribution in [3.63, 3.8) is 0 Å². The van der Waals surface area contributed by atoms with Gasteiger partial charge in [-0.25, -0.2) is 0 Å². The van der Waals surface area contributed by atoms with Crippen LogP contribution in [0.5, 0.6) is 5.75 Å². The van der Waals surface area contributed by atoms with E-state index in [2.05, 4.69) is 34.7 Å². The molecule has 2 rings (SSSR count). The largest absolute Gasteiger partial charge is 0.497 e. The van der Waals surface area contributed by atoms with Crippen LogP contribution < -0.4 is 10.1 Å². The highest BCUT2D eigenvalue weighted by Crippen LogP contribution is 2.26. The minimum atomic E-state index is 0.191. The first-order valence-corrected chi connectivity index (χ1v) is 8.68. The number of nitrogens with zero attached hydrogens (tertiary/aromatic N) is 1. The van der Waals surface area contributed by atoms with Crippen molar-refractivity contribution in [2.24, 2.45) is 0 Å². The van der Waals surface area contributed by atoms with E-state index in [0.29, 0.717) is 11.7 Å². The van der Waals surface area contributed by atoms with Crippen LogP contribution in [0, 0.1) is 0 Å². The third kappa shape index (κ3) is 4.92. The Bertz CT molecular complexity index is 617. The Morgan fingerprint density at radius 2 is 2.13 bits per heavy atom. The fourth-order valence-electron chi connectivity index (χ4n) is 2.24. The molecule has 0 spiro atoms. The Balaban J connectivity index is 2.12. The van der Waals surface area contributed by atoms with Crippen LogP contribution in [0.15, 0.2) is 41.8 Å². The van der Waals surface area contributed by atoms with Gasteiger partial charge in [0.25, 0.3) is 0 Å². The molecule has 0 bridgehead atoms. The van der Waals surface area contributed by atoms with E-state index < -0.39 is 0 Å². The number of hydrogen-bond acceptors (Lipinski definition) is 4. The molecule has 0 radical (unpaired) electrons. The molecule has 0 aliphatic rings. The molecule has 4 nitrogen and oxygen atoms in total. The molecule has 2 aromatic rings. The number of benzene rings is 1. The third-order valence-electron chi connectivity index (χ3n) is 3.54. The van der Waals surface area contributed by atoms with Gasteiger partial charge in [0.2, 0.25) is 0 Å². The lowest BCUT2D eigenvalue weighted by Crippen LogP contribution is -2.38. The Hall–Kier alpha value is -1.63. The zero-order valence-corrected chi connectivity index (χ0v) is 15.2. The Morgan fingerprint density at radius 1 is 1.30 bits per heavy atom. The lowest BCUT2D eigenvalue weighted by molar-refractivity contribution is 0.166. The molecule has 23 heavy (non-hydrogen) atoms. The van der Waals surface area contributed by atoms with Gasteiger partial charge in [-0.2, -0.15) is 0 Å². The molecule has 6 heteroatoms. The maximum Gasteiger partial charge on any atom is 0.174 e. The zero-order chi connectivity index (χ0) is 16.7. The van der Waals surface area contributed by atoms with Gasteiger partial charge in [0.15, 0.2) is 5.11 Å². The van der Waals surface area contributed by atoms with Gasteiger partial charge >= 0.3 is 0 Å². The Labute approximate surface area is 147 Å². The molecule has 0 saturated heterocycles. The first-order valence-electron chi connectivity index (χ1n) is 7.39. The number of thiocarbonyl (C=S) groups is 1. The van der Waals surface area contributed by atoms with Crippen LogP contribution in [-0.4, -0.2) is 37.4 Å². The van der Waals surface area contributed by atoms with Crippen LogP contribution in [0.3, 0.4) is 0 Å². The van der Waals surface area contributed by atoms with Gasteiger partial charge in [-0.15, -0.1) is 11.3 Å². The molecule has 0 aliphatic carbocycles. The van der Waals surface area contributed by atoms with Crippen molar-refractivity contribution in [3.05, 3.63) is 46.7 Å². The molecule has 0 fully saturated rings. The number of methoxy groups -OCH3 is 2. The number of anilines is 1. The van der Waals surface area contributed by atoms with E-state index in [1.807, 2.05) is 24.3 Å². The highest BCUT2D eigenvalue weighted by molar-refractivity contribution is 7.80. The van der Waals surface area contributed by atoms with Crippen LogP contribution in [0.1, 0.15) is 17.8 Å². The van der Waals surface area contributed by atoms with Crippen molar-refractivity contribution in [2.45, 2.75) is 13.0 Å². The van der Waals surface area contributed by atoms with Crippen molar-refractivity contribution in [1.29, 1.82) is 0 Å². The fraction of sp³-hybridized carbons (Fsp3) is 0.353. The number of ether oxygens (including phenoxy) is 2. The average Bonchev–Trinajstić information content (AvgIpc) is 3.09. The van der Waals surface area contributed by atoms with Gasteiger partial charge < -0.3 is 19.7 Å². The van der Waals surface area contributed by atoms with Crippen molar-refractivity contribution in [2.75, 3.05) is 32.7 Å². The zero-order valence-electron chi connectivity index (χ0n) is 13.6. The first-order chi connectivity index (χ1) is 11.2. The van der Waals surface area contributed by atoms with Crippen molar-refractivity contribution < 1.29 is 9.47 Å². The van der Waals surface area contributed by atoms with Gasteiger partial charge in [0.05, 0.1) is 19.8 Å². The highest BCUT2D eigenvalue weighted by Gasteiger charge is 2.19. The van der Waals surface area contributed by atoms with Gasteiger partial charge in [-0.1, -0.05) is 12.1 Å². The lowest BCUT2D eigenvalue weighted by atomic mass is 10.2. The summed E-state index contributed by atoms with van der Waals surface area (Å²) in [6.07, 6.45) is 0. The van der Waals surface area contributed by atoms with E-state index in [-0.39, 0.29) is 6.04 Å². The number of rotatable bonds is 7. The summed E-state index contributed by atoms with van der Waals surface area (Å²) in [4.78, 5) is 3.42. The summed E-state index contributed by atoms with van der Waals surface area (Å²) >= 11 is 7.36. The highest BCUT2D eigenvalue weighted by atomic mass is 32.1. The van der Waals surface area contributed by atoms with Crippen LogP contribution in [0.25, 0.3) is 0 Å². The molecule has 124 valence electrons. The van der Waals surface area contributed by atoms with Crippen molar-refractivity contribution in [3.8, 4) is 5.75 Å². The third-order valence-corrected chi connectivity index (χ3v) is 4.92. The summed E-state index contributed by atoms with van der Waals surface area (Å²) in [5.74, 6) is 0.799. The second kappa shape index (κ2) is 8.86. The number of nitrogens with one attached hydrogen (secondary N) is 1. The summed E-state index contributed by atoms with van der Waals surface area (Å²) in [5.41, 5.74) is 0.912. The quantitative estimate of drug-likeness (QED) is 0.758. The van der Waals surface area contributed by atoms with E-state index in [1.54, 1.807) is 25.6 Å². The van der Waals surface area contributed by atoms with E-state index in [4.69, 9.17) is 21.7 Å². The second-order valence-electron chi connectivity index (χ2n) is 5.04. The minimum absolute atomic E-state index is 0.191. The van der Waals surface area contributed by atoms with Gasteiger partial charge in [-0.3, -0.25) is 0 Å². The molecule has 1 aromatic heterocycles. The first kappa shape index (κ1) is 17.7. The van der Waals surface area contributed by atoms with Crippen LogP contribution in [-0.2, 0) is 4.74 Å². The van der Waals surface area contributed by atoms with E-state index in [1.165, 1.54) is 4.88 Å². The van der Waals surface area contributed by atoms with Gasteiger partial charge in [0, 0.05) is 30.3 Å². The SMILES string of the molecule is COCCN(C(=S)Nc1cccc(OC)c1)[C@@H](C)c1cccs1. The van der Waals surface area contributed by atoms with E-state index >= 15 is 0 Å². The Morgan fingerprint density at radius 3 is 2.78 bits per heavy atom. The molecule has 1 atom stereocenters. The fourth-order valence-corrected chi connectivity index (χ4v) is 3.40. The van der Waals surface area contributed by atoms with Crippen LogP contribution >= 0.6 is 23.6 Å². The molecule has 1 N–H and O–H groups in total. The summed E-state index contributed by atoms with van der Waals surface area (Å²) < 4.78 is 10.5. The molecule has 0 aliphatic heterocycles. The van der Waals surface area contributed by atoms with Crippen LogP contribution in [0.4, 0.5) is 5.69 Å². The standard InChI is InChI=1S/C17H22N2O2S2/c1-13(16-8-5-11-23-16)19(9-10-20-2)17(22)18-14-6-4-7-15(12-14)21-3/h4-8,11-13H,9-10H2,1-3H3,(H,18,22)/t13-/m0/s1. The summed E-state index contributed by atoms with van der Waals surface area (Å²) in [5, 5.41) is 6.05. The molecule has 0 saturated carbocycles. The summed E-state index contributed by atoms with van der Waals surface area (Å²) in [6, 6.07) is 12.1. The minimum Gasteiger partial charge on any atom is -0.497 e. The molecular formula is C17H22N2O2S2. The Kier molecular flexibility index (Phi) is 6.83. The molecule has 1 heterocycles. The topological polar surface area (TPSA) is 33.7 Å². The van der Waals surface area contributed by atoms with Gasteiger partial charge in [0.1, 0.15) is 5.75 Å². The van der Waals surface area contributed by atoms with Crippen molar-refractivity contribution in [1.82, 2.24) is 4.90 Å². The van der Waals surface area contributed by atoms with Crippen LogP contribution in [0.2, 0.25) is 0 Å². The lowest BCUT2D eigenvalue weighted by Gasteiger charge is -2.31. The van der Waals surface area contributed by atoms with Gasteiger partial charge in [-0.05, 0) is 42.7 Å².